The Bertz CT molecular complexity index is 1050. The van der Waals surface area contributed by atoms with Crippen LogP contribution in [-0.2, 0) is 21.4 Å². The number of nitrogens with zero attached hydrogens (tertiary/aromatic N) is 2. The van der Waals surface area contributed by atoms with Crippen LogP contribution in [0, 0.1) is 0 Å². The Hall–Kier alpha value is -2.85. The average molecular weight is 423 g/mol. The van der Waals surface area contributed by atoms with Crippen molar-refractivity contribution in [2.75, 3.05) is 28.3 Å². The van der Waals surface area contributed by atoms with Gasteiger partial charge in [0.15, 0.2) is 0 Å². The van der Waals surface area contributed by atoms with Crippen molar-refractivity contribution < 1.29 is 22.7 Å². The summed E-state index contributed by atoms with van der Waals surface area (Å²) in [6, 6.07) is 7.13. The van der Waals surface area contributed by atoms with Gasteiger partial charge in [-0.2, -0.15) is 0 Å². The van der Waals surface area contributed by atoms with Gasteiger partial charge in [0, 0.05) is 31.9 Å². The molecule has 29 heavy (non-hydrogen) atoms. The van der Waals surface area contributed by atoms with Gasteiger partial charge in [0.05, 0.1) is 25.2 Å². The quantitative estimate of drug-likeness (QED) is 0.679. The van der Waals surface area contributed by atoms with E-state index in [1.54, 1.807) is 25.1 Å². The Labute approximate surface area is 169 Å². The standard InChI is InChI=1S/C19H25N3O6S/c1-13(16-10-14(27-4)6-8-17(16)28-5)20-18(23)12-22-11-15(7-9-19(22)24)29(25,26)21(2)3/h6-11,13H,12H2,1-5H3,(H,20,23)/t13-/m1/s1. The smallest absolute Gasteiger partial charge is 0.251 e. The van der Waals surface area contributed by atoms with Crippen molar-refractivity contribution in [2.24, 2.45) is 0 Å². The number of aromatic nitrogens is 1. The second kappa shape index (κ2) is 9.10. The summed E-state index contributed by atoms with van der Waals surface area (Å²) < 4.78 is 37.1. The van der Waals surface area contributed by atoms with Crippen molar-refractivity contribution in [1.82, 2.24) is 14.2 Å². The highest BCUT2D eigenvalue weighted by molar-refractivity contribution is 7.89. The first-order chi connectivity index (χ1) is 13.6. The van der Waals surface area contributed by atoms with Crippen molar-refractivity contribution in [3.8, 4) is 11.5 Å². The zero-order valence-electron chi connectivity index (χ0n) is 17.0. The summed E-state index contributed by atoms with van der Waals surface area (Å²) in [7, 11) is 2.12. The summed E-state index contributed by atoms with van der Waals surface area (Å²) in [5, 5.41) is 2.78. The first kappa shape index (κ1) is 22.4. The molecule has 0 saturated heterocycles. The zero-order valence-corrected chi connectivity index (χ0v) is 17.8. The number of hydrogen-bond acceptors (Lipinski definition) is 6. The van der Waals surface area contributed by atoms with Gasteiger partial charge in [-0.05, 0) is 31.2 Å². The van der Waals surface area contributed by atoms with E-state index in [9.17, 15) is 18.0 Å². The van der Waals surface area contributed by atoms with E-state index < -0.39 is 27.5 Å². The van der Waals surface area contributed by atoms with Crippen molar-refractivity contribution in [1.29, 1.82) is 0 Å². The summed E-state index contributed by atoms with van der Waals surface area (Å²) in [6.07, 6.45) is 1.16. The number of hydrogen-bond donors (Lipinski definition) is 1. The lowest BCUT2D eigenvalue weighted by molar-refractivity contribution is -0.122. The summed E-state index contributed by atoms with van der Waals surface area (Å²) in [5.74, 6) is 0.735. The topological polar surface area (TPSA) is 107 Å². The number of methoxy groups -OCH3 is 2. The Morgan fingerprint density at radius 1 is 1.17 bits per heavy atom. The van der Waals surface area contributed by atoms with Gasteiger partial charge >= 0.3 is 0 Å². The van der Waals surface area contributed by atoms with Crippen molar-refractivity contribution in [3.05, 3.63) is 52.4 Å². The molecule has 0 fully saturated rings. The molecule has 0 bridgehead atoms. The maximum absolute atomic E-state index is 12.5. The number of sulfonamides is 1. The number of amides is 1. The van der Waals surface area contributed by atoms with Gasteiger partial charge in [0.1, 0.15) is 18.0 Å². The molecule has 0 radical (unpaired) electrons. The molecule has 1 N–H and O–H groups in total. The highest BCUT2D eigenvalue weighted by atomic mass is 32.2. The molecule has 2 aromatic rings. The molecule has 1 amide bonds. The third-order valence-electron chi connectivity index (χ3n) is 4.33. The number of ether oxygens (including phenoxy) is 2. The molecule has 1 heterocycles. The summed E-state index contributed by atoms with van der Waals surface area (Å²) in [5.41, 5.74) is 0.223. The van der Waals surface area contributed by atoms with E-state index in [4.69, 9.17) is 9.47 Å². The lowest BCUT2D eigenvalue weighted by Gasteiger charge is -2.19. The molecule has 1 aromatic heterocycles. The molecule has 0 aliphatic carbocycles. The predicted molar refractivity (Wildman–Crippen MR) is 108 cm³/mol. The van der Waals surface area contributed by atoms with Crippen molar-refractivity contribution in [2.45, 2.75) is 24.4 Å². The lowest BCUT2D eigenvalue weighted by Crippen LogP contribution is -2.34. The van der Waals surface area contributed by atoms with Crippen molar-refractivity contribution >= 4 is 15.9 Å². The molecule has 1 aromatic carbocycles. The average Bonchev–Trinajstić information content (AvgIpc) is 2.68. The van der Waals surface area contributed by atoms with Gasteiger partial charge in [-0.1, -0.05) is 0 Å². The van der Waals surface area contributed by atoms with Crippen LogP contribution >= 0.6 is 0 Å². The summed E-state index contributed by atoms with van der Waals surface area (Å²) >= 11 is 0. The number of carbonyl (C=O) groups is 1. The van der Waals surface area contributed by atoms with Crippen LogP contribution in [0.3, 0.4) is 0 Å². The molecular weight excluding hydrogens is 398 g/mol. The fourth-order valence-corrected chi connectivity index (χ4v) is 3.62. The fraction of sp³-hybridized carbons (Fsp3) is 0.368. The Kier molecular flexibility index (Phi) is 7.04. The van der Waals surface area contributed by atoms with Crippen LogP contribution in [0.4, 0.5) is 0 Å². The molecule has 0 aliphatic heterocycles. The molecule has 0 unspecified atom stereocenters. The Balaban J connectivity index is 2.23. The van der Waals surface area contributed by atoms with E-state index in [1.165, 1.54) is 34.4 Å². The molecule has 1 atom stereocenters. The number of rotatable bonds is 8. The minimum Gasteiger partial charge on any atom is -0.497 e. The minimum absolute atomic E-state index is 0.0718. The number of pyridine rings is 1. The molecule has 0 aliphatic rings. The second-order valence-corrected chi connectivity index (χ2v) is 8.67. The Morgan fingerprint density at radius 3 is 2.45 bits per heavy atom. The van der Waals surface area contributed by atoms with E-state index in [1.807, 2.05) is 0 Å². The summed E-state index contributed by atoms with van der Waals surface area (Å²) in [4.78, 5) is 24.5. The molecule has 158 valence electrons. The minimum atomic E-state index is -3.72. The van der Waals surface area contributed by atoms with Crippen LogP contribution in [0.15, 0.2) is 46.2 Å². The van der Waals surface area contributed by atoms with Gasteiger partial charge in [-0.15, -0.1) is 0 Å². The van der Waals surface area contributed by atoms with E-state index in [0.29, 0.717) is 17.1 Å². The van der Waals surface area contributed by atoms with Crippen LogP contribution in [-0.4, -0.2) is 51.5 Å². The molecule has 10 heteroatoms. The highest BCUT2D eigenvalue weighted by Crippen LogP contribution is 2.29. The fourth-order valence-electron chi connectivity index (χ4n) is 2.69. The SMILES string of the molecule is COc1ccc(OC)c([C@@H](C)NC(=O)Cn2cc(S(=O)(=O)N(C)C)ccc2=O)c1. The van der Waals surface area contributed by atoms with E-state index in [-0.39, 0.29) is 11.4 Å². The van der Waals surface area contributed by atoms with Gasteiger partial charge in [-0.3, -0.25) is 9.59 Å². The Morgan fingerprint density at radius 2 is 1.86 bits per heavy atom. The van der Waals surface area contributed by atoms with Crippen LogP contribution < -0.4 is 20.3 Å². The number of nitrogens with one attached hydrogen (secondary N) is 1. The van der Waals surface area contributed by atoms with Gasteiger partial charge in [0.2, 0.25) is 15.9 Å². The molecule has 0 saturated carbocycles. The first-order valence-corrected chi connectivity index (χ1v) is 10.2. The van der Waals surface area contributed by atoms with Gasteiger partial charge < -0.3 is 19.4 Å². The molecule has 2 rings (SSSR count). The highest BCUT2D eigenvalue weighted by Gasteiger charge is 2.20. The number of carbonyl (C=O) groups excluding carboxylic acids is 1. The third kappa shape index (κ3) is 5.15. The largest absolute Gasteiger partial charge is 0.497 e. The van der Waals surface area contributed by atoms with Crippen LogP contribution in [0.5, 0.6) is 11.5 Å². The first-order valence-electron chi connectivity index (χ1n) is 8.74. The lowest BCUT2D eigenvalue weighted by atomic mass is 10.1. The van der Waals surface area contributed by atoms with E-state index >= 15 is 0 Å². The van der Waals surface area contributed by atoms with E-state index in [2.05, 4.69) is 5.32 Å². The maximum Gasteiger partial charge on any atom is 0.251 e. The molecular formula is C19H25N3O6S. The molecule has 0 spiro atoms. The number of benzene rings is 1. The predicted octanol–water partition coefficient (Wildman–Crippen LogP) is 0.993. The van der Waals surface area contributed by atoms with E-state index in [0.717, 1.165) is 21.1 Å². The monoisotopic (exact) mass is 423 g/mol. The summed E-state index contributed by atoms with van der Waals surface area (Å²) in [6.45, 7) is 1.44. The third-order valence-corrected chi connectivity index (χ3v) is 6.13. The van der Waals surface area contributed by atoms with Crippen LogP contribution in [0.25, 0.3) is 0 Å². The van der Waals surface area contributed by atoms with Gasteiger partial charge in [-0.25, -0.2) is 12.7 Å². The van der Waals surface area contributed by atoms with Crippen molar-refractivity contribution in [3.63, 3.8) is 0 Å². The molecule has 9 nitrogen and oxygen atoms in total. The zero-order chi connectivity index (χ0) is 21.8. The van der Waals surface area contributed by atoms with Gasteiger partial charge in [0.25, 0.3) is 5.56 Å². The normalized spacial score (nSPS) is 12.5. The maximum atomic E-state index is 12.5. The van der Waals surface area contributed by atoms with Crippen LogP contribution in [0.2, 0.25) is 0 Å². The second-order valence-electron chi connectivity index (χ2n) is 6.52. The van der Waals surface area contributed by atoms with Crippen LogP contribution in [0.1, 0.15) is 18.5 Å².